The molecule has 1 aliphatic rings. The SMILES string of the molecule is COCCN(CCOC)Cc1nc(C)c(C(OC(C)(C)C)C(=O)O)c(N2CCC(C)(C)CC2)c1-c1ccc(OCCc2ccc(F)cc2)cc1. The monoisotopic (exact) mass is 693 g/mol. The molecule has 1 unspecified atom stereocenters. The number of aryl methyl sites for hydroxylation is 1. The number of aromatic nitrogens is 1. The number of pyridine rings is 1. The van der Waals surface area contributed by atoms with Gasteiger partial charge >= 0.3 is 5.97 Å². The van der Waals surface area contributed by atoms with Gasteiger partial charge in [0.25, 0.3) is 0 Å². The van der Waals surface area contributed by atoms with Gasteiger partial charge in [0.2, 0.25) is 0 Å². The van der Waals surface area contributed by atoms with E-state index in [1.54, 1.807) is 26.4 Å². The molecule has 0 amide bonds. The van der Waals surface area contributed by atoms with Gasteiger partial charge in [0.1, 0.15) is 11.6 Å². The summed E-state index contributed by atoms with van der Waals surface area (Å²) in [4.78, 5) is 22.8. The molecule has 1 N–H and O–H groups in total. The van der Waals surface area contributed by atoms with Crippen LogP contribution in [0.1, 0.15) is 76.1 Å². The summed E-state index contributed by atoms with van der Waals surface area (Å²) < 4.78 is 36.7. The number of hydrogen-bond donors (Lipinski definition) is 1. The third-order valence-electron chi connectivity index (χ3n) is 9.18. The van der Waals surface area contributed by atoms with Gasteiger partial charge < -0.3 is 29.0 Å². The van der Waals surface area contributed by atoms with Crippen LogP contribution in [-0.4, -0.2) is 86.8 Å². The number of rotatable bonds is 17. The summed E-state index contributed by atoms with van der Waals surface area (Å²) >= 11 is 0. The average Bonchev–Trinajstić information content (AvgIpc) is 3.06. The summed E-state index contributed by atoms with van der Waals surface area (Å²) in [6, 6.07) is 14.4. The number of aliphatic carboxylic acids is 1. The largest absolute Gasteiger partial charge is 0.493 e. The first-order chi connectivity index (χ1) is 23.7. The minimum atomic E-state index is -1.22. The van der Waals surface area contributed by atoms with E-state index < -0.39 is 17.7 Å². The van der Waals surface area contributed by atoms with E-state index in [1.165, 1.54) is 12.1 Å². The second kappa shape index (κ2) is 17.6. The molecular weight excluding hydrogens is 637 g/mol. The summed E-state index contributed by atoms with van der Waals surface area (Å²) in [6.45, 7) is 17.1. The number of nitrogens with zero attached hydrogens (tertiary/aromatic N) is 3. The molecule has 4 rings (SSSR count). The molecule has 1 saturated heterocycles. The maximum absolute atomic E-state index is 13.4. The Labute approximate surface area is 297 Å². The van der Waals surface area contributed by atoms with Crippen molar-refractivity contribution in [1.82, 2.24) is 9.88 Å². The van der Waals surface area contributed by atoms with E-state index in [0.717, 1.165) is 54.0 Å². The summed E-state index contributed by atoms with van der Waals surface area (Å²) in [5.74, 6) is -0.597. The quantitative estimate of drug-likeness (QED) is 0.155. The van der Waals surface area contributed by atoms with E-state index in [0.29, 0.717) is 62.9 Å². The molecule has 1 aromatic heterocycles. The number of ether oxygens (including phenoxy) is 4. The van der Waals surface area contributed by atoms with Crippen molar-refractivity contribution in [2.45, 2.75) is 79.1 Å². The molecule has 3 aromatic rings. The van der Waals surface area contributed by atoms with Gasteiger partial charge in [0.15, 0.2) is 6.10 Å². The predicted molar refractivity (Wildman–Crippen MR) is 195 cm³/mol. The van der Waals surface area contributed by atoms with E-state index in [4.69, 9.17) is 23.9 Å². The standard InChI is InChI=1S/C40H56FN3O6/c1-28-34(37(38(45)46)50-39(2,3)4)36(44-20-18-40(5,6)19-21-44)35(33(42-28)27-43(22-25-47-7)23-26-48-8)30-11-15-32(16-12-30)49-24-17-29-9-13-31(41)14-10-29/h9-16,37H,17-27H2,1-8H3,(H,45,46). The number of carboxylic acids is 1. The second-order valence-corrected chi connectivity index (χ2v) is 14.9. The van der Waals surface area contributed by atoms with Crippen LogP contribution >= 0.6 is 0 Å². The highest BCUT2D eigenvalue weighted by atomic mass is 19.1. The van der Waals surface area contributed by atoms with Gasteiger partial charge in [0, 0.05) is 70.2 Å². The van der Waals surface area contributed by atoms with Crippen molar-refractivity contribution >= 4 is 11.7 Å². The van der Waals surface area contributed by atoms with Gasteiger partial charge in [-0.1, -0.05) is 38.1 Å². The Kier molecular flexibility index (Phi) is 13.8. The van der Waals surface area contributed by atoms with E-state index >= 15 is 0 Å². The number of carbonyl (C=O) groups is 1. The Balaban J connectivity index is 1.85. The van der Waals surface area contributed by atoms with E-state index in [9.17, 15) is 14.3 Å². The first-order valence-electron chi connectivity index (χ1n) is 17.6. The lowest BCUT2D eigenvalue weighted by molar-refractivity contribution is -0.160. The number of anilines is 1. The van der Waals surface area contributed by atoms with Crippen LogP contribution in [0.5, 0.6) is 5.75 Å². The van der Waals surface area contributed by atoms with Gasteiger partial charge in [-0.2, -0.15) is 0 Å². The molecule has 0 saturated carbocycles. The smallest absolute Gasteiger partial charge is 0.337 e. The number of piperidine rings is 1. The summed E-state index contributed by atoms with van der Waals surface area (Å²) in [7, 11) is 3.38. The lowest BCUT2D eigenvalue weighted by Crippen LogP contribution is -2.39. The van der Waals surface area contributed by atoms with Gasteiger partial charge in [0.05, 0.1) is 36.8 Å². The first-order valence-corrected chi connectivity index (χ1v) is 17.6. The average molecular weight is 694 g/mol. The second-order valence-electron chi connectivity index (χ2n) is 14.9. The van der Waals surface area contributed by atoms with Crippen LogP contribution in [0, 0.1) is 18.2 Å². The van der Waals surface area contributed by atoms with Gasteiger partial charge in [-0.05, 0) is 81.3 Å². The van der Waals surface area contributed by atoms with E-state index in [1.807, 2.05) is 52.0 Å². The van der Waals surface area contributed by atoms with Crippen molar-refractivity contribution in [2.24, 2.45) is 5.41 Å². The van der Waals surface area contributed by atoms with E-state index in [-0.39, 0.29) is 11.2 Å². The van der Waals surface area contributed by atoms with Crippen LogP contribution in [0.3, 0.4) is 0 Å². The fourth-order valence-electron chi connectivity index (χ4n) is 6.32. The predicted octanol–water partition coefficient (Wildman–Crippen LogP) is 7.48. The third-order valence-corrected chi connectivity index (χ3v) is 9.18. The fourth-order valence-corrected chi connectivity index (χ4v) is 6.32. The maximum Gasteiger partial charge on any atom is 0.337 e. The Hall–Kier alpha value is -3.57. The summed E-state index contributed by atoms with van der Waals surface area (Å²) in [5.41, 5.74) is 5.22. The number of carboxylic acid groups (broad SMARTS) is 1. The molecule has 1 fully saturated rings. The Morgan fingerprint density at radius 2 is 1.58 bits per heavy atom. The van der Waals surface area contributed by atoms with Gasteiger partial charge in [-0.15, -0.1) is 0 Å². The van der Waals surface area contributed by atoms with Crippen LogP contribution in [0.2, 0.25) is 0 Å². The number of hydrogen-bond acceptors (Lipinski definition) is 8. The highest BCUT2D eigenvalue weighted by Crippen LogP contribution is 2.45. The minimum Gasteiger partial charge on any atom is -0.493 e. The normalized spacial score (nSPS) is 15.4. The van der Waals surface area contributed by atoms with Crippen LogP contribution in [0.4, 0.5) is 10.1 Å². The molecule has 0 spiro atoms. The first kappa shape index (κ1) is 39.2. The van der Waals surface area contributed by atoms with Crippen molar-refractivity contribution in [1.29, 1.82) is 0 Å². The number of methoxy groups -OCH3 is 2. The van der Waals surface area contributed by atoms with Crippen LogP contribution in [-0.2, 0) is 32.0 Å². The highest BCUT2D eigenvalue weighted by molar-refractivity contribution is 5.88. The molecule has 274 valence electrons. The summed E-state index contributed by atoms with van der Waals surface area (Å²) in [6.07, 6.45) is 1.37. The molecule has 10 heteroatoms. The minimum absolute atomic E-state index is 0.180. The molecule has 1 aliphatic heterocycles. The lowest BCUT2D eigenvalue weighted by atomic mass is 9.81. The molecule has 0 bridgehead atoms. The lowest BCUT2D eigenvalue weighted by Gasteiger charge is -2.41. The van der Waals surface area contributed by atoms with Crippen molar-refractivity contribution < 1.29 is 33.2 Å². The Bertz CT molecular complexity index is 1520. The maximum atomic E-state index is 13.4. The molecule has 50 heavy (non-hydrogen) atoms. The van der Waals surface area contributed by atoms with Crippen LogP contribution < -0.4 is 9.64 Å². The molecular formula is C40H56FN3O6. The zero-order valence-electron chi connectivity index (χ0n) is 31.2. The number of halogens is 1. The van der Waals surface area contributed by atoms with E-state index in [2.05, 4.69) is 23.6 Å². The molecule has 2 heterocycles. The molecule has 1 atom stereocenters. The fraction of sp³-hybridized carbons (Fsp3) is 0.550. The van der Waals surface area contributed by atoms with Crippen molar-refractivity contribution in [3.05, 3.63) is 76.9 Å². The highest BCUT2D eigenvalue weighted by Gasteiger charge is 2.37. The van der Waals surface area contributed by atoms with Crippen LogP contribution in [0.25, 0.3) is 11.1 Å². The Morgan fingerprint density at radius 1 is 0.980 bits per heavy atom. The van der Waals surface area contributed by atoms with Crippen molar-refractivity contribution in [3.63, 3.8) is 0 Å². The zero-order valence-corrected chi connectivity index (χ0v) is 31.2. The van der Waals surface area contributed by atoms with Crippen molar-refractivity contribution in [3.8, 4) is 16.9 Å². The molecule has 2 aromatic carbocycles. The topological polar surface area (TPSA) is 93.6 Å². The molecule has 9 nitrogen and oxygen atoms in total. The molecule has 0 aliphatic carbocycles. The summed E-state index contributed by atoms with van der Waals surface area (Å²) in [5, 5.41) is 10.7. The third kappa shape index (κ3) is 11.0. The van der Waals surface area contributed by atoms with Crippen LogP contribution in [0.15, 0.2) is 48.5 Å². The van der Waals surface area contributed by atoms with Gasteiger partial charge in [-0.3, -0.25) is 9.88 Å². The van der Waals surface area contributed by atoms with Gasteiger partial charge in [-0.25, -0.2) is 9.18 Å². The van der Waals surface area contributed by atoms with Crippen molar-refractivity contribution in [2.75, 3.05) is 65.1 Å². The zero-order chi connectivity index (χ0) is 36.5. The molecule has 0 radical (unpaired) electrons. The Morgan fingerprint density at radius 3 is 2.12 bits per heavy atom. The number of benzene rings is 2.